The first-order valence-corrected chi connectivity index (χ1v) is 8.75. The topological polar surface area (TPSA) is 0 Å². The van der Waals surface area contributed by atoms with Gasteiger partial charge in [0.1, 0.15) is 17.8 Å². The lowest BCUT2D eigenvalue weighted by Gasteiger charge is -2.40. The molecule has 0 amide bonds. The summed E-state index contributed by atoms with van der Waals surface area (Å²) in [5.41, 5.74) is 0. The van der Waals surface area contributed by atoms with Gasteiger partial charge >= 0.3 is 0 Å². The Labute approximate surface area is 122 Å². The molecule has 3 aliphatic carbocycles. The lowest BCUT2D eigenvalue weighted by molar-refractivity contribution is -0.00905. The van der Waals surface area contributed by atoms with Crippen molar-refractivity contribution in [3.05, 3.63) is 0 Å². The zero-order valence-electron chi connectivity index (χ0n) is 12.2. The molecule has 0 N–H and O–H groups in total. The van der Waals surface area contributed by atoms with Gasteiger partial charge in [0.05, 0.1) is 0 Å². The minimum absolute atomic E-state index is 0.0452. The maximum Gasteiger partial charge on any atom is 0.138 e. The molecule has 0 aromatic rings. The van der Waals surface area contributed by atoms with Crippen LogP contribution in [0.3, 0.4) is 0 Å². The summed E-state index contributed by atoms with van der Waals surface area (Å²) in [5, 5.41) is -1.60. The smallest absolute Gasteiger partial charge is 0.138 e. The fourth-order valence-corrected chi connectivity index (χ4v) is 5.93. The Morgan fingerprint density at radius 2 is 1.55 bits per heavy atom. The summed E-state index contributed by atoms with van der Waals surface area (Å²) >= 11 is 0. The van der Waals surface area contributed by atoms with Crippen molar-refractivity contribution in [2.75, 3.05) is 0 Å². The van der Waals surface area contributed by atoms with Crippen molar-refractivity contribution in [2.24, 2.45) is 29.6 Å². The summed E-state index contributed by atoms with van der Waals surface area (Å²) in [6.45, 7) is 2.25. The van der Waals surface area contributed by atoms with Crippen LogP contribution in [0.1, 0.15) is 51.9 Å². The van der Waals surface area contributed by atoms with Crippen LogP contribution in [-0.2, 0) is 0 Å². The van der Waals surface area contributed by atoms with Crippen LogP contribution in [0, 0.1) is 29.6 Å². The van der Waals surface area contributed by atoms with Gasteiger partial charge in [-0.15, -0.1) is 0 Å². The van der Waals surface area contributed by atoms with Gasteiger partial charge in [-0.1, -0.05) is 29.0 Å². The van der Waals surface area contributed by atoms with E-state index in [0.717, 1.165) is 38.0 Å². The SMILES string of the molecule is CC1CCC(C2CC3CCC(F)C(F)C3C2(F)P)CC1. The van der Waals surface area contributed by atoms with Gasteiger partial charge in [-0.3, -0.25) is 0 Å². The van der Waals surface area contributed by atoms with Crippen LogP contribution in [-0.4, -0.2) is 17.8 Å². The summed E-state index contributed by atoms with van der Waals surface area (Å²) in [5.74, 6) is 0.324. The number of alkyl halides is 3. The summed E-state index contributed by atoms with van der Waals surface area (Å²) in [6.07, 6.45) is 3.05. The molecule has 20 heavy (non-hydrogen) atoms. The van der Waals surface area contributed by atoms with E-state index in [1.165, 1.54) is 0 Å². The predicted molar refractivity (Wildman–Crippen MR) is 78.8 cm³/mol. The Morgan fingerprint density at radius 1 is 0.950 bits per heavy atom. The fourth-order valence-electron chi connectivity index (χ4n) is 5.06. The number of rotatable bonds is 1. The molecule has 116 valence electrons. The summed E-state index contributed by atoms with van der Waals surface area (Å²) in [7, 11) is 2.29. The summed E-state index contributed by atoms with van der Waals surface area (Å²) in [4.78, 5) is 0. The van der Waals surface area contributed by atoms with Gasteiger partial charge in [0.15, 0.2) is 0 Å². The first kappa shape index (κ1) is 15.1. The number of fused-ring (bicyclic) bond motifs is 1. The van der Waals surface area contributed by atoms with Crippen molar-refractivity contribution in [3.63, 3.8) is 0 Å². The summed E-state index contributed by atoms with van der Waals surface area (Å²) < 4.78 is 43.1. The Bertz CT molecular complexity index is 352. The van der Waals surface area contributed by atoms with Gasteiger partial charge in [0.2, 0.25) is 0 Å². The predicted octanol–water partition coefficient (Wildman–Crippen LogP) is 5.08. The van der Waals surface area contributed by atoms with Crippen molar-refractivity contribution in [2.45, 2.75) is 69.6 Å². The van der Waals surface area contributed by atoms with Gasteiger partial charge in [0.25, 0.3) is 0 Å². The highest BCUT2D eigenvalue weighted by molar-refractivity contribution is 7.18. The second kappa shape index (κ2) is 5.45. The minimum Gasteiger partial charge on any atom is -0.244 e. The van der Waals surface area contributed by atoms with Gasteiger partial charge < -0.3 is 0 Å². The minimum atomic E-state index is -1.61. The monoisotopic (exact) mass is 306 g/mol. The second-order valence-electron chi connectivity index (χ2n) is 7.51. The Morgan fingerprint density at radius 3 is 2.20 bits per heavy atom. The molecular formula is C16H26F3P. The third kappa shape index (κ3) is 2.42. The molecule has 3 fully saturated rings. The number of hydrogen-bond acceptors (Lipinski definition) is 0. The fraction of sp³-hybridized carbons (Fsp3) is 1.00. The molecule has 0 aromatic carbocycles. The Kier molecular flexibility index (Phi) is 4.12. The molecule has 0 saturated heterocycles. The highest BCUT2D eigenvalue weighted by Gasteiger charge is 2.60. The van der Waals surface area contributed by atoms with Gasteiger partial charge in [-0.25, -0.2) is 13.2 Å². The first-order valence-electron chi connectivity index (χ1n) is 8.17. The molecule has 0 aromatic heterocycles. The molecule has 0 aliphatic heterocycles. The molecule has 0 radical (unpaired) electrons. The average Bonchev–Trinajstić information content (AvgIpc) is 2.67. The van der Waals surface area contributed by atoms with E-state index in [4.69, 9.17) is 0 Å². The van der Waals surface area contributed by atoms with Crippen molar-refractivity contribution in [1.82, 2.24) is 0 Å². The largest absolute Gasteiger partial charge is 0.244 e. The number of hydrogen-bond donors (Lipinski definition) is 0. The van der Waals surface area contributed by atoms with E-state index in [1.807, 2.05) is 0 Å². The first-order chi connectivity index (χ1) is 9.41. The van der Waals surface area contributed by atoms with Gasteiger partial charge in [-0.05, 0) is 55.8 Å². The Hall–Kier alpha value is 0.220. The standard InChI is InChI=1S/C16H26F3P/c1-9-2-4-10(5-3-9)12-8-11-6-7-13(17)15(18)14(11)16(12,19)20/h9-15H,2-8,20H2,1H3. The molecule has 7 unspecified atom stereocenters. The van der Waals surface area contributed by atoms with Gasteiger partial charge in [-0.2, -0.15) is 0 Å². The van der Waals surface area contributed by atoms with Crippen LogP contribution in [0.2, 0.25) is 0 Å². The molecule has 7 atom stereocenters. The van der Waals surface area contributed by atoms with Crippen LogP contribution >= 0.6 is 9.24 Å². The maximum absolute atomic E-state index is 15.3. The molecule has 3 rings (SSSR count). The van der Waals surface area contributed by atoms with E-state index in [0.29, 0.717) is 12.3 Å². The van der Waals surface area contributed by atoms with Crippen molar-refractivity contribution < 1.29 is 13.2 Å². The van der Waals surface area contributed by atoms with Gasteiger partial charge in [0, 0.05) is 5.92 Å². The van der Waals surface area contributed by atoms with E-state index in [-0.39, 0.29) is 18.3 Å². The normalized spacial score (nSPS) is 56.5. The third-order valence-electron chi connectivity index (χ3n) is 6.28. The lowest BCUT2D eigenvalue weighted by Crippen LogP contribution is -2.44. The highest BCUT2D eigenvalue weighted by Crippen LogP contribution is 2.61. The van der Waals surface area contributed by atoms with E-state index in [1.54, 1.807) is 0 Å². The highest BCUT2D eigenvalue weighted by atomic mass is 31.0. The summed E-state index contributed by atoms with van der Waals surface area (Å²) in [6, 6.07) is 0. The second-order valence-corrected chi connectivity index (χ2v) is 8.40. The average molecular weight is 306 g/mol. The quantitative estimate of drug-likeness (QED) is 0.593. The molecular weight excluding hydrogens is 280 g/mol. The molecule has 4 heteroatoms. The molecule has 0 heterocycles. The third-order valence-corrected chi connectivity index (χ3v) is 7.09. The molecule has 0 bridgehead atoms. The van der Waals surface area contributed by atoms with E-state index in [9.17, 15) is 8.78 Å². The van der Waals surface area contributed by atoms with Crippen molar-refractivity contribution in [1.29, 1.82) is 0 Å². The van der Waals surface area contributed by atoms with Crippen LogP contribution in [0.25, 0.3) is 0 Å². The molecule has 0 spiro atoms. The van der Waals surface area contributed by atoms with E-state index in [2.05, 4.69) is 16.2 Å². The van der Waals surface area contributed by atoms with Crippen LogP contribution < -0.4 is 0 Å². The zero-order valence-corrected chi connectivity index (χ0v) is 13.4. The molecule has 3 saturated carbocycles. The van der Waals surface area contributed by atoms with Crippen molar-refractivity contribution >= 4 is 9.24 Å². The maximum atomic E-state index is 15.3. The van der Waals surface area contributed by atoms with Crippen LogP contribution in [0.5, 0.6) is 0 Å². The van der Waals surface area contributed by atoms with Crippen molar-refractivity contribution in [3.8, 4) is 0 Å². The van der Waals surface area contributed by atoms with E-state index < -0.39 is 23.7 Å². The zero-order chi connectivity index (χ0) is 14.5. The van der Waals surface area contributed by atoms with Crippen LogP contribution in [0.15, 0.2) is 0 Å². The Balaban J connectivity index is 1.77. The lowest BCUT2D eigenvalue weighted by atomic mass is 9.74. The molecule has 3 aliphatic rings. The van der Waals surface area contributed by atoms with Crippen LogP contribution in [0.4, 0.5) is 13.2 Å². The molecule has 0 nitrogen and oxygen atoms in total. The number of halogens is 3. The van der Waals surface area contributed by atoms with E-state index >= 15 is 4.39 Å².